The van der Waals surface area contributed by atoms with E-state index in [1.807, 2.05) is 13.0 Å². The van der Waals surface area contributed by atoms with Gasteiger partial charge in [-0.25, -0.2) is 4.98 Å². The van der Waals surface area contributed by atoms with E-state index in [0.29, 0.717) is 16.8 Å². The highest BCUT2D eigenvalue weighted by Crippen LogP contribution is 2.25. The van der Waals surface area contributed by atoms with Crippen molar-refractivity contribution in [2.75, 3.05) is 5.32 Å². The third kappa shape index (κ3) is 4.45. The van der Waals surface area contributed by atoms with Crippen LogP contribution in [0.4, 0.5) is 18.9 Å². The molecule has 0 bridgehead atoms. The number of allylic oxidation sites excluding steroid dienone is 1. The van der Waals surface area contributed by atoms with E-state index in [2.05, 4.69) is 10.3 Å². The van der Waals surface area contributed by atoms with E-state index in [9.17, 15) is 18.0 Å². The van der Waals surface area contributed by atoms with Gasteiger partial charge < -0.3 is 5.32 Å². The van der Waals surface area contributed by atoms with Crippen LogP contribution in [0.25, 0.3) is 16.3 Å². The minimum atomic E-state index is -4.36. The number of nitrogens with zero attached hydrogens (tertiary/aromatic N) is 1. The molecule has 0 saturated carbocycles. The standard InChI is InChI=1S/C18H13F3N2OS/c1-11-22-15-10-14(6-7-16(15)25-11)23-17(24)13-4-2-12(3-5-13)8-9-18(19,20)21/h2-10H,1H3,(H,23,24). The average Bonchev–Trinajstić information content (AvgIpc) is 2.92. The van der Waals surface area contributed by atoms with Crippen molar-refractivity contribution in [3.05, 3.63) is 64.7 Å². The number of aryl methyl sites for hydroxylation is 1. The molecule has 25 heavy (non-hydrogen) atoms. The van der Waals surface area contributed by atoms with Gasteiger partial charge in [0.05, 0.1) is 15.2 Å². The van der Waals surface area contributed by atoms with Gasteiger partial charge in [0.2, 0.25) is 0 Å². The Morgan fingerprint density at radius 3 is 2.56 bits per heavy atom. The van der Waals surface area contributed by atoms with Crippen molar-refractivity contribution in [1.29, 1.82) is 0 Å². The normalized spacial score (nSPS) is 12.0. The number of nitrogens with one attached hydrogen (secondary N) is 1. The second-order valence-corrected chi connectivity index (χ2v) is 6.60. The number of aromatic nitrogens is 1. The maximum atomic E-state index is 12.3. The predicted octanol–water partition coefficient (Wildman–Crippen LogP) is 5.43. The molecular formula is C18H13F3N2OS. The SMILES string of the molecule is Cc1nc2cc(NC(=O)c3ccc(C=CC(F)(F)F)cc3)ccc2s1. The lowest BCUT2D eigenvalue weighted by molar-refractivity contribution is -0.0790. The highest BCUT2D eigenvalue weighted by molar-refractivity contribution is 7.18. The summed E-state index contributed by atoms with van der Waals surface area (Å²) in [5, 5.41) is 3.71. The third-order valence-electron chi connectivity index (χ3n) is 3.39. The molecule has 0 atom stereocenters. The van der Waals surface area contributed by atoms with Gasteiger partial charge in [0, 0.05) is 17.3 Å². The van der Waals surface area contributed by atoms with Crippen molar-refractivity contribution in [2.45, 2.75) is 13.1 Å². The molecule has 0 spiro atoms. The average molecular weight is 362 g/mol. The van der Waals surface area contributed by atoms with Gasteiger partial charge in [0.15, 0.2) is 0 Å². The number of thiazole rings is 1. The van der Waals surface area contributed by atoms with Crippen LogP contribution in [0.15, 0.2) is 48.5 Å². The Labute approximate surface area is 145 Å². The number of alkyl halides is 3. The first kappa shape index (κ1) is 17.2. The molecule has 0 saturated heterocycles. The lowest BCUT2D eigenvalue weighted by Gasteiger charge is -2.06. The number of anilines is 1. The Balaban J connectivity index is 1.72. The van der Waals surface area contributed by atoms with Gasteiger partial charge in [-0.05, 0) is 42.8 Å². The lowest BCUT2D eigenvalue weighted by atomic mass is 10.1. The second kappa shape index (κ2) is 6.68. The monoisotopic (exact) mass is 362 g/mol. The first-order chi connectivity index (χ1) is 11.8. The molecule has 0 fully saturated rings. The van der Waals surface area contributed by atoms with E-state index in [4.69, 9.17) is 0 Å². The van der Waals surface area contributed by atoms with Crippen LogP contribution in [0.2, 0.25) is 0 Å². The first-order valence-corrected chi connectivity index (χ1v) is 8.16. The minimum absolute atomic E-state index is 0.160. The Hall–Kier alpha value is -2.67. The van der Waals surface area contributed by atoms with Gasteiger partial charge in [-0.2, -0.15) is 13.2 Å². The molecule has 0 unspecified atom stereocenters. The molecule has 0 aliphatic heterocycles. The van der Waals surface area contributed by atoms with Crippen molar-refractivity contribution < 1.29 is 18.0 Å². The van der Waals surface area contributed by atoms with Crippen LogP contribution < -0.4 is 5.32 Å². The van der Waals surface area contributed by atoms with Gasteiger partial charge in [-0.3, -0.25) is 4.79 Å². The number of rotatable bonds is 3. The summed E-state index contributed by atoms with van der Waals surface area (Å²) in [5.74, 6) is -0.336. The Morgan fingerprint density at radius 2 is 1.88 bits per heavy atom. The fourth-order valence-electron chi connectivity index (χ4n) is 2.26. The summed E-state index contributed by atoms with van der Waals surface area (Å²) >= 11 is 1.57. The van der Waals surface area contributed by atoms with Crippen molar-refractivity contribution in [2.24, 2.45) is 0 Å². The summed E-state index contributed by atoms with van der Waals surface area (Å²) in [6, 6.07) is 11.4. The van der Waals surface area contributed by atoms with Crippen LogP contribution in [0.5, 0.6) is 0 Å². The minimum Gasteiger partial charge on any atom is -0.322 e. The topological polar surface area (TPSA) is 42.0 Å². The number of carbonyl (C=O) groups is 1. The van der Waals surface area contributed by atoms with Crippen molar-refractivity contribution in [1.82, 2.24) is 4.98 Å². The molecule has 3 nitrogen and oxygen atoms in total. The van der Waals surface area contributed by atoms with Crippen LogP contribution in [-0.2, 0) is 0 Å². The molecule has 1 heterocycles. The highest BCUT2D eigenvalue weighted by Gasteiger charge is 2.21. The van der Waals surface area contributed by atoms with Crippen LogP contribution in [0.1, 0.15) is 20.9 Å². The van der Waals surface area contributed by atoms with Crippen LogP contribution >= 0.6 is 11.3 Å². The summed E-state index contributed by atoms with van der Waals surface area (Å²) in [4.78, 5) is 16.6. The number of hydrogen-bond acceptors (Lipinski definition) is 3. The van der Waals surface area contributed by atoms with Gasteiger partial charge >= 0.3 is 6.18 Å². The zero-order valence-electron chi connectivity index (χ0n) is 13.1. The predicted molar refractivity (Wildman–Crippen MR) is 93.8 cm³/mol. The molecule has 0 aliphatic rings. The van der Waals surface area contributed by atoms with E-state index >= 15 is 0 Å². The van der Waals surface area contributed by atoms with E-state index < -0.39 is 6.18 Å². The summed E-state index contributed by atoms with van der Waals surface area (Å²) in [7, 11) is 0. The first-order valence-electron chi connectivity index (χ1n) is 7.35. The summed E-state index contributed by atoms with van der Waals surface area (Å²) in [6.07, 6.45) is -3.24. The molecule has 3 rings (SSSR count). The number of halogens is 3. The highest BCUT2D eigenvalue weighted by atomic mass is 32.1. The Kier molecular flexibility index (Phi) is 4.59. The largest absolute Gasteiger partial charge is 0.409 e. The maximum Gasteiger partial charge on any atom is 0.409 e. The number of amides is 1. The number of benzene rings is 2. The van der Waals surface area contributed by atoms with Gasteiger partial charge in [-0.15, -0.1) is 11.3 Å². The van der Waals surface area contributed by atoms with Crippen molar-refractivity contribution in [3.63, 3.8) is 0 Å². The van der Waals surface area contributed by atoms with Crippen molar-refractivity contribution in [3.8, 4) is 0 Å². The Bertz CT molecular complexity index is 943. The molecule has 1 amide bonds. The molecule has 0 radical (unpaired) electrons. The van der Waals surface area contributed by atoms with Crippen LogP contribution in [-0.4, -0.2) is 17.1 Å². The summed E-state index contributed by atoms with van der Waals surface area (Å²) in [5.41, 5.74) is 2.16. The quantitative estimate of drug-likeness (QED) is 0.675. The van der Waals surface area contributed by atoms with E-state index in [1.54, 1.807) is 23.5 Å². The van der Waals surface area contributed by atoms with Crippen LogP contribution in [0, 0.1) is 6.92 Å². The molecule has 0 aliphatic carbocycles. The molecule has 1 N–H and O–H groups in total. The van der Waals surface area contributed by atoms with E-state index in [0.717, 1.165) is 21.3 Å². The summed E-state index contributed by atoms with van der Waals surface area (Å²) < 4.78 is 37.5. The van der Waals surface area contributed by atoms with Gasteiger partial charge in [0.25, 0.3) is 5.91 Å². The van der Waals surface area contributed by atoms with Crippen molar-refractivity contribution >= 4 is 39.2 Å². The third-order valence-corrected chi connectivity index (χ3v) is 4.34. The number of carbonyl (C=O) groups excluding carboxylic acids is 1. The Morgan fingerprint density at radius 1 is 1.16 bits per heavy atom. The van der Waals surface area contributed by atoms with Crippen LogP contribution in [0.3, 0.4) is 0 Å². The zero-order chi connectivity index (χ0) is 18.0. The second-order valence-electron chi connectivity index (χ2n) is 5.37. The molecule has 2 aromatic carbocycles. The van der Waals surface area contributed by atoms with Gasteiger partial charge in [0.1, 0.15) is 0 Å². The number of fused-ring (bicyclic) bond motifs is 1. The smallest absolute Gasteiger partial charge is 0.322 e. The molecule has 3 aromatic rings. The molecular weight excluding hydrogens is 349 g/mol. The fourth-order valence-corrected chi connectivity index (χ4v) is 3.07. The number of hydrogen-bond donors (Lipinski definition) is 1. The lowest BCUT2D eigenvalue weighted by Crippen LogP contribution is -2.11. The molecule has 1 aromatic heterocycles. The zero-order valence-corrected chi connectivity index (χ0v) is 13.9. The van der Waals surface area contributed by atoms with E-state index in [1.165, 1.54) is 24.3 Å². The molecule has 128 valence electrons. The van der Waals surface area contributed by atoms with E-state index in [-0.39, 0.29) is 12.0 Å². The fraction of sp³-hybridized carbons (Fsp3) is 0.111. The molecule has 7 heteroatoms. The maximum absolute atomic E-state index is 12.3. The summed E-state index contributed by atoms with van der Waals surface area (Å²) in [6.45, 7) is 1.91. The van der Waals surface area contributed by atoms with Gasteiger partial charge in [-0.1, -0.05) is 18.2 Å².